The van der Waals surface area contributed by atoms with Gasteiger partial charge >= 0.3 is 0 Å². The van der Waals surface area contributed by atoms with Crippen molar-refractivity contribution in [2.24, 2.45) is 12.8 Å². The summed E-state index contributed by atoms with van der Waals surface area (Å²) in [5.41, 5.74) is 6.59. The van der Waals surface area contributed by atoms with Gasteiger partial charge in [0.05, 0.1) is 17.9 Å². The molecule has 0 unspecified atom stereocenters. The maximum atomic E-state index is 13.4. The Bertz CT molecular complexity index is 1040. The minimum atomic E-state index is -1.41. The highest BCUT2D eigenvalue weighted by Crippen LogP contribution is 2.23. The lowest BCUT2D eigenvalue weighted by Gasteiger charge is -2.12. The molecule has 3 amide bonds. The van der Waals surface area contributed by atoms with E-state index in [-0.39, 0.29) is 16.8 Å². The summed E-state index contributed by atoms with van der Waals surface area (Å²) in [4.78, 5) is 48.9. The first-order valence-electron chi connectivity index (χ1n) is 8.98. The number of carbonyl (C=O) groups is 4. The summed E-state index contributed by atoms with van der Waals surface area (Å²) in [6.07, 6.45) is 0. The first-order valence-corrected chi connectivity index (χ1v) is 8.98. The Morgan fingerprint density at radius 1 is 1.20 bits per heavy atom. The normalized spacial score (nSPS) is 11.7. The lowest BCUT2D eigenvalue weighted by atomic mass is 10.1. The number of ketones is 1. The highest BCUT2D eigenvalue weighted by atomic mass is 19.1. The van der Waals surface area contributed by atoms with Crippen LogP contribution in [0.25, 0.3) is 0 Å². The number of benzene rings is 1. The van der Waals surface area contributed by atoms with E-state index in [2.05, 4.69) is 10.6 Å². The lowest BCUT2D eigenvalue weighted by molar-refractivity contribution is -0.126. The smallest absolute Gasteiger partial charge is 0.294 e. The van der Waals surface area contributed by atoms with Crippen LogP contribution in [0.2, 0.25) is 0 Å². The van der Waals surface area contributed by atoms with Gasteiger partial charge in [0.15, 0.2) is 0 Å². The van der Waals surface area contributed by atoms with Crippen molar-refractivity contribution in [3.8, 4) is 0 Å². The van der Waals surface area contributed by atoms with Gasteiger partial charge in [-0.3, -0.25) is 19.2 Å². The number of Topliss-reactive ketones (excluding diaryl/α,β-unsaturated/α-hetero) is 1. The van der Waals surface area contributed by atoms with Gasteiger partial charge in [-0.1, -0.05) is 0 Å². The fourth-order valence-electron chi connectivity index (χ4n) is 3.09. The number of nitrogens with zero attached hydrogens (tertiary/aromatic N) is 1. The second kappa shape index (κ2) is 8.87. The number of hydrogen-bond donors (Lipinski definition) is 4. The van der Waals surface area contributed by atoms with Crippen molar-refractivity contribution >= 4 is 29.2 Å². The first-order chi connectivity index (χ1) is 14.0. The van der Waals surface area contributed by atoms with Crippen molar-refractivity contribution in [2.75, 3.05) is 11.9 Å². The van der Waals surface area contributed by atoms with Crippen LogP contribution in [-0.4, -0.2) is 45.8 Å². The van der Waals surface area contributed by atoms with Crippen LogP contribution in [0.3, 0.4) is 0 Å². The van der Waals surface area contributed by atoms with Crippen LogP contribution in [0.5, 0.6) is 0 Å². The van der Waals surface area contributed by atoms with E-state index < -0.39 is 42.0 Å². The van der Waals surface area contributed by atoms with Crippen molar-refractivity contribution in [1.82, 2.24) is 9.88 Å². The van der Waals surface area contributed by atoms with Crippen LogP contribution >= 0.6 is 0 Å². The average Bonchev–Trinajstić information content (AvgIpc) is 2.90. The van der Waals surface area contributed by atoms with E-state index in [0.29, 0.717) is 16.9 Å². The molecule has 0 aliphatic heterocycles. The summed E-state index contributed by atoms with van der Waals surface area (Å²) < 4.78 is 14.8. The minimum absolute atomic E-state index is 0.0494. The second-order valence-electron chi connectivity index (χ2n) is 6.85. The van der Waals surface area contributed by atoms with Crippen molar-refractivity contribution in [1.29, 1.82) is 0 Å². The van der Waals surface area contributed by atoms with Gasteiger partial charge in [-0.05, 0) is 50.1 Å². The van der Waals surface area contributed by atoms with Gasteiger partial charge in [-0.2, -0.15) is 0 Å². The molecule has 0 bridgehead atoms. The van der Waals surface area contributed by atoms with Gasteiger partial charge < -0.3 is 26.0 Å². The Balaban J connectivity index is 2.34. The Kier molecular flexibility index (Phi) is 6.73. The SMILES string of the molecule is Cc1cc(NC(=O)c2c(C)c(C(=O)C(=O)N[C@H](CO)C(N)=O)n(C)c2C)ccc1F. The molecule has 160 valence electrons. The van der Waals surface area contributed by atoms with Crippen LogP contribution in [0.15, 0.2) is 18.2 Å². The van der Waals surface area contributed by atoms with Crippen LogP contribution in [-0.2, 0) is 16.6 Å². The molecule has 0 radical (unpaired) electrons. The van der Waals surface area contributed by atoms with E-state index in [9.17, 15) is 23.6 Å². The van der Waals surface area contributed by atoms with E-state index in [0.717, 1.165) is 0 Å². The number of aromatic nitrogens is 1. The molecule has 0 saturated carbocycles. The monoisotopic (exact) mass is 418 g/mol. The molecule has 30 heavy (non-hydrogen) atoms. The Morgan fingerprint density at radius 2 is 1.83 bits per heavy atom. The number of nitrogens with one attached hydrogen (secondary N) is 2. The molecule has 1 aromatic heterocycles. The van der Waals surface area contributed by atoms with E-state index >= 15 is 0 Å². The molecule has 5 N–H and O–H groups in total. The third kappa shape index (κ3) is 4.38. The van der Waals surface area contributed by atoms with E-state index in [1.54, 1.807) is 13.8 Å². The summed E-state index contributed by atoms with van der Waals surface area (Å²) in [7, 11) is 1.51. The summed E-state index contributed by atoms with van der Waals surface area (Å²) in [6, 6.07) is 2.70. The number of amides is 3. The Labute approximate surface area is 172 Å². The zero-order valence-electron chi connectivity index (χ0n) is 17.0. The molecule has 1 atom stereocenters. The topological polar surface area (TPSA) is 144 Å². The molecule has 1 heterocycles. The molecule has 0 saturated heterocycles. The molecule has 10 heteroatoms. The number of carbonyl (C=O) groups excluding carboxylic acids is 4. The van der Waals surface area contributed by atoms with Crippen molar-refractivity contribution in [3.05, 3.63) is 52.1 Å². The van der Waals surface area contributed by atoms with Crippen molar-refractivity contribution in [2.45, 2.75) is 26.8 Å². The van der Waals surface area contributed by atoms with Crippen molar-refractivity contribution in [3.63, 3.8) is 0 Å². The molecule has 2 aromatic rings. The number of primary amides is 1. The van der Waals surface area contributed by atoms with Crippen LogP contribution in [0, 0.1) is 26.6 Å². The average molecular weight is 418 g/mol. The zero-order chi connectivity index (χ0) is 22.7. The predicted molar refractivity (Wildman–Crippen MR) is 107 cm³/mol. The molecule has 0 fully saturated rings. The number of aliphatic hydroxyl groups is 1. The molecular weight excluding hydrogens is 395 g/mol. The summed E-state index contributed by atoms with van der Waals surface area (Å²) >= 11 is 0. The third-order valence-corrected chi connectivity index (χ3v) is 4.83. The van der Waals surface area contributed by atoms with Crippen LogP contribution < -0.4 is 16.4 Å². The number of halogens is 1. The predicted octanol–water partition coefficient (Wildman–Crippen LogP) is 0.487. The number of hydrogen-bond acceptors (Lipinski definition) is 5. The molecule has 0 aliphatic rings. The summed E-state index contributed by atoms with van der Waals surface area (Å²) in [6.45, 7) is 3.91. The summed E-state index contributed by atoms with van der Waals surface area (Å²) in [5, 5.41) is 13.8. The molecule has 9 nitrogen and oxygen atoms in total. The number of aryl methyl sites for hydroxylation is 1. The minimum Gasteiger partial charge on any atom is -0.394 e. The van der Waals surface area contributed by atoms with Crippen LogP contribution in [0.4, 0.5) is 10.1 Å². The van der Waals surface area contributed by atoms with E-state index in [1.165, 1.54) is 36.7 Å². The van der Waals surface area contributed by atoms with E-state index in [4.69, 9.17) is 10.8 Å². The highest BCUT2D eigenvalue weighted by molar-refractivity contribution is 6.43. The number of aliphatic hydroxyl groups excluding tert-OH is 1. The molecule has 2 rings (SSSR count). The maximum absolute atomic E-state index is 13.4. The number of anilines is 1. The second-order valence-corrected chi connectivity index (χ2v) is 6.85. The van der Waals surface area contributed by atoms with Crippen molar-refractivity contribution < 1.29 is 28.7 Å². The van der Waals surface area contributed by atoms with Gasteiger partial charge in [0.1, 0.15) is 11.9 Å². The first kappa shape index (κ1) is 22.8. The maximum Gasteiger partial charge on any atom is 0.294 e. The zero-order valence-corrected chi connectivity index (χ0v) is 17.0. The molecule has 1 aromatic carbocycles. The van der Waals surface area contributed by atoms with Gasteiger partial charge in [0.2, 0.25) is 5.91 Å². The number of nitrogens with two attached hydrogens (primary N) is 1. The van der Waals surface area contributed by atoms with E-state index in [1.807, 2.05) is 0 Å². The molecule has 0 aliphatic carbocycles. The lowest BCUT2D eigenvalue weighted by Crippen LogP contribution is -2.49. The van der Waals surface area contributed by atoms with Crippen LogP contribution in [0.1, 0.15) is 37.7 Å². The quantitative estimate of drug-likeness (QED) is 0.382. The molecule has 0 spiro atoms. The van der Waals surface area contributed by atoms with Gasteiger partial charge in [-0.25, -0.2) is 4.39 Å². The van der Waals surface area contributed by atoms with Gasteiger partial charge in [0.25, 0.3) is 17.6 Å². The largest absolute Gasteiger partial charge is 0.394 e. The van der Waals surface area contributed by atoms with Gasteiger partial charge in [0, 0.05) is 18.4 Å². The number of rotatable bonds is 7. The fraction of sp³-hybridized carbons (Fsp3) is 0.300. The third-order valence-electron chi connectivity index (χ3n) is 4.83. The fourth-order valence-corrected chi connectivity index (χ4v) is 3.09. The summed E-state index contributed by atoms with van der Waals surface area (Å²) in [5.74, 6) is -4.06. The Hall–Kier alpha value is -3.53. The standard InChI is InChI=1S/C20H23FN4O5/c1-9-7-12(5-6-13(9)21)23-19(29)15-10(2)16(25(4)11(15)3)17(27)20(30)24-14(8-26)18(22)28/h5-7,14,26H,8H2,1-4H3,(H2,22,28)(H,23,29)(H,24,30)/t14-/m1/s1. The Morgan fingerprint density at radius 3 is 2.37 bits per heavy atom. The highest BCUT2D eigenvalue weighted by Gasteiger charge is 2.30. The van der Waals surface area contributed by atoms with Gasteiger partial charge in [-0.15, -0.1) is 0 Å². The molecular formula is C20H23FN4O5.